The second-order valence-corrected chi connectivity index (χ2v) is 6.45. The number of hydrogen-bond donors (Lipinski definition) is 1. The highest BCUT2D eigenvalue weighted by Gasteiger charge is 2.43. The van der Waals surface area contributed by atoms with E-state index in [2.05, 4.69) is 6.92 Å². The van der Waals surface area contributed by atoms with E-state index in [1.54, 1.807) is 24.3 Å². The van der Waals surface area contributed by atoms with Crippen molar-refractivity contribution in [3.63, 3.8) is 0 Å². The number of unbranched alkanes of at least 4 members (excludes halogenated alkanes) is 1. The van der Waals surface area contributed by atoms with E-state index in [-0.39, 0.29) is 30.7 Å². The molecule has 0 bridgehead atoms. The minimum atomic E-state index is -0.573. The molecule has 142 valence electrons. The number of ether oxygens (including phenoxy) is 1. The van der Waals surface area contributed by atoms with Crippen LogP contribution in [-0.2, 0) is 9.59 Å². The second kappa shape index (κ2) is 9.33. The van der Waals surface area contributed by atoms with Crippen molar-refractivity contribution in [1.29, 1.82) is 0 Å². The lowest BCUT2D eigenvalue weighted by atomic mass is 9.90. The highest BCUT2D eigenvalue weighted by molar-refractivity contribution is 6.06. The van der Waals surface area contributed by atoms with Gasteiger partial charge in [-0.25, -0.2) is 5.06 Å². The maximum absolute atomic E-state index is 12.8. The number of benzene rings is 1. The molecule has 0 saturated carbocycles. The van der Waals surface area contributed by atoms with Gasteiger partial charge in [-0.15, -0.1) is 0 Å². The molecular formula is C19H26N2O5. The Balaban J connectivity index is 2.19. The Kier molecular flexibility index (Phi) is 7.15. The molecule has 0 aromatic heterocycles. The first-order chi connectivity index (χ1) is 12.5. The molecule has 1 fully saturated rings. The lowest BCUT2D eigenvalue weighted by Crippen LogP contribution is -2.36. The van der Waals surface area contributed by atoms with Crippen LogP contribution >= 0.6 is 0 Å². The number of imide groups is 1. The Morgan fingerprint density at radius 2 is 2.19 bits per heavy atom. The average Bonchev–Trinajstić information content (AvgIpc) is 2.95. The molecule has 0 radical (unpaired) electrons. The van der Waals surface area contributed by atoms with Gasteiger partial charge in [0.05, 0.1) is 19.1 Å². The highest BCUT2D eigenvalue weighted by Crippen LogP contribution is 2.31. The summed E-state index contributed by atoms with van der Waals surface area (Å²) in [7, 11) is 0. The lowest BCUT2D eigenvalue weighted by molar-refractivity contribution is -0.155. The molecule has 1 N–H and O–H groups in total. The van der Waals surface area contributed by atoms with Crippen LogP contribution in [0.1, 0.15) is 43.5 Å². The molecule has 7 heteroatoms. The normalized spacial score (nSPS) is 19.5. The molecule has 7 nitrogen and oxygen atoms in total. The molecule has 3 amide bonds. The zero-order chi connectivity index (χ0) is 19.1. The van der Waals surface area contributed by atoms with E-state index in [1.165, 1.54) is 4.90 Å². The fraction of sp³-hybridized carbons (Fsp3) is 0.526. The fourth-order valence-electron chi connectivity index (χ4n) is 3.31. The molecule has 1 aromatic rings. The summed E-state index contributed by atoms with van der Waals surface area (Å²) in [5, 5.41) is 9.99. The third-order valence-corrected chi connectivity index (χ3v) is 4.64. The summed E-state index contributed by atoms with van der Waals surface area (Å²) in [5.74, 6) is -0.798. The Bertz CT molecular complexity index is 649. The first kappa shape index (κ1) is 19.9. The van der Waals surface area contributed by atoms with E-state index in [1.807, 2.05) is 6.92 Å². The average molecular weight is 362 g/mol. The Labute approximate surface area is 153 Å². The summed E-state index contributed by atoms with van der Waals surface area (Å²) >= 11 is 0. The summed E-state index contributed by atoms with van der Waals surface area (Å²) in [6.45, 7) is 4.60. The predicted molar refractivity (Wildman–Crippen MR) is 94.7 cm³/mol. The Hall–Kier alpha value is -2.41. The van der Waals surface area contributed by atoms with Gasteiger partial charge < -0.3 is 4.74 Å². The molecule has 0 spiro atoms. The van der Waals surface area contributed by atoms with Gasteiger partial charge in [0.25, 0.3) is 5.91 Å². The first-order valence-electron chi connectivity index (χ1n) is 9.01. The molecule has 2 unspecified atom stereocenters. The van der Waals surface area contributed by atoms with Crippen LogP contribution in [0.15, 0.2) is 24.3 Å². The van der Waals surface area contributed by atoms with E-state index >= 15 is 0 Å². The van der Waals surface area contributed by atoms with Crippen LogP contribution < -0.4 is 4.74 Å². The van der Waals surface area contributed by atoms with Crippen molar-refractivity contribution in [2.24, 2.45) is 11.8 Å². The summed E-state index contributed by atoms with van der Waals surface area (Å²) < 4.78 is 5.41. The maximum Gasteiger partial charge on any atom is 0.260 e. The summed E-state index contributed by atoms with van der Waals surface area (Å²) in [5.41, 5.74) is 0.385. The monoisotopic (exact) mass is 362 g/mol. The standard InChI is InChI=1S/C19H26N2O5/c1-3-5-7-15-11-21(19(24)17(15)12-20(25)13-22)18(23)14-8-6-9-16(10-14)26-4-2/h6,8-10,13,15,17,25H,3-5,7,11-12H2,1-2H3. The predicted octanol–water partition coefficient (Wildman–Crippen LogP) is 2.34. The molecule has 0 aliphatic carbocycles. The number of carbonyl (C=O) groups excluding carboxylic acids is 3. The van der Waals surface area contributed by atoms with Crippen LogP contribution in [0.5, 0.6) is 5.75 Å². The number of rotatable bonds is 9. The van der Waals surface area contributed by atoms with Gasteiger partial charge in [0.15, 0.2) is 0 Å². The van der Waals surface area contributed by atoms with Crippen molar-refractivity contribution >= 4 is 18.2 Å². The third-order valence-electron chi connectivity index (χ3n) is 4.64. The third kappa shape index (κ3) is 4.60. The summed E-state index contributed by atoms with van der Waals surface area (Å²) in [4.78, 5) is 37.6. The van der Waals surface area contributed by atoms with E-state index in [0.29, 0.717) is 29.5 Å². The van der Waals surface area contributed by atoms with Crippen LogP contribution in [0.4, 0.5) is 0 Å². The van der Waals surface area contributed by atoms with Crippen LogP contribution in [-0.4, -0.2) is 53.1 Å². The molecule has 26 heavy (non-hydrogen) atoms. The van der Waals surface area contributed by atoms with Crippen LogP contribution in [0.2, 0.25) is 0 Å². The molecule has 2 atom stereocenters. The van der Waals surface area contributed by atoms with Crippen molar-refractivity contribution in [3.05, 3.63) is 29.8 Å². The summed E-state index contributed by atoms with van der Waals surface area (Å²) in [6, 6.07) is 6.74. The molecule has 1 saturated heterocycles. The van der Waals surface area contributed by atoms with Crippen molar-refractivity contribution in [2.45, 2.75) is 33.1 Å². The molecule has 1 aliphatic rings. The van der Waals surface area contributed by atoms with E-state index in [0.717, 1.165) is 19.3 Å². The number of hydrogen-bond acceptors (Lipinski definition) is 5. The van der Waals surface area contributed by atoms with Crippen molar-refractivity contribution in [3.8, 4) is 5.75 Å². The minimum absolute atomic E-state index is 0.0731. The number of hydroxylamine groups is 2. The topological polar surface area (TPSA) is 87.2 Å². The molecule has 1 aromatic carbocycles. The van der Waals surface area contributed by atoms with Crippen LogP contribution in [0.3, 0.4) is 0 Å². The van der Waals surface area contributed by atoms with Crippen molar-refractivity contribution in [2.75, 3.05) is 19.7 Å². The second-order valence-electron chi connectivity index (χ2n) is 6.45. The van der Waals surface area contributed by atoms with E-state index in [4.69, 9.17) is 4.74 Å². The summed E-state index contributed by atoms with van der Waals surface area (Å²) in [6.07, 6.45) is 2.93. The van der Waals surface area contributed by atoms with Gasteiger partial charge in [-0.05, 0) is 37.5 Å². The first-order valence-corrected chi connectivity index (χ1v) is 9.01. The van der Waals surface area contributed by atoms with Crippen LogP contribution in [0, 0.1) is 11.8 Å². The van der Waals surface area contributed by atoms with Crippen molar-refractivity contribution in [1.82, 2.24) is 9.96 Å². The van der Waals surface area contributed by atoms with E-state index < -0.39 is 5.92 Å². The SMILES string of the molecule is CCCCC1CN(C(=O)c2cccc(OCC)c2)C(=O)C1CN(O)C=O. The fourth-order valence-corrected chi connectivity index (χ4v) is 3.31. The van der Waals surface area contributed by atoms with Crippen LogP contribution in [0.25, 0.3) is 0 Å². The maximum atomic E-state index is 12.8. The van der Waals surface area contributed by atoms with Gasteiger partial charge in [-0.3, -0.25) is 24.5 Å². The van der Waals surface area contributed by atoms with Gasteiger partial charge >= 0.3 is 0 Å². The Morgan fingerprint density at radius 1 is 1.42 bits per heavy atom. The number of amides is 3. The number of likely N-dealkylation sites (tertiary alicyclic amines) is 1. The van der Waals surface area contributed by atoms with Gasteiger partial charge in [-0.1, -0.05) is 25.8 Å². The van der Waals surface area contributed by atoms with Gasteiger partial charge in [0.2, 0.25) is 12.3 Å². The van der Waals surface area contributed by atoms with Gasteiger partial charge in [-0.2, -0.15) is 0 Å². The Morgan fingerprint density at radius 3 is 2.85 bits per heavy atom. The van der Waals surface area contributed by atoms with Gasteiger partial charge in [0.1, 0.15) is 5.75 Å². The number of nitrogens with zero attached hydrogens (tertiary/aromatic N) is 2. The zero-order valence-corrected chi connectivity index (χ0v) is 15.3. The highest BCUT2D eigenvalue weighted by atomic mass is 16.5. The van der Waals surface area contributed by atoms with Crippen molar-refractivity contribution < 1.29 is 24.3 Å². The van der Waals surface area contributed by atoms with E-state index in [9.17, 15) is 19.6 Å². The minimum Gasteiger partial charge on any atom is -0.494 e. The lowest BCUT2D eigenvalue weighted by Gasteiger charge is -2.18. The quantitative estimate of drug-likeness (QED) is 0.315. The zero-order valence-electron chi connectivity index (χ0n) is 15.3. The van der Waals surface area contributed by atoms with Gasteiger partial charge in [0, 0.05) is 12.1 Å². The molecule has 2 rings (SSSR count). The molecule has 1 heterocycles. The molecule has 1 aliphatic heterocycles. The number of carbonyl (C=O) groups is 3. The largest absolute Gasteiger partial charge is 0.494 e. The molecular weight excluding hydrogens is 336 g/mol. The smallest absolute Gasteiger partial charge is 0.260 e.